The number of para-hydroxylation sites is 1. The molecule has 0 spiro atoms. The number of hydrogen-bond acceptors (Lipinski definition) is 7. The van der Waals surface area contributed by atoms with E-state index >= 15 is 0 Å². The lowest BCUT2D eigenvalue weighted by atomic mass is 9.74. The van der Waals surface area contributed by atoms with Gasteiger partial charge in [0, 0.05) is 18.2 Å². The van der Waals surface area contributed by atoms with E-state index in [1.807, 2.05) is 68.4 Å². The third-order valence-electron chi connectivity index (χ3n) is 6.13. The highest BCUT2D eigenvalue weighted by Crippen LogP contribution is 2.29. The summed E-state index contributed by atoms with van der Waals surface area (Å²) in [7, 11) is -1.71. The predicted molar refractivity (Wildman–Crippen MR) is 136 cm³/mol. The molecule has 1 unspecified atom stereocenters. The molecule has 2 amide bonds. The van der Waals surface area contributed by atoms with Crippen LogP contribution < -0.4 is 10.6 Å². The smallest absolute Gasteiger partial charge is 0.426 e. The first-order valence-electron chi connectivity index (χ1n) is 11.9. The lowest BCUT2D eigenvalue weighted by Crippen LogP contribution is -2.56. The van der Waals surface area contributed by atoms with E-state index < -0.39 is 24.6 Å². The normalized spacial score (nSPS) is 18.0. The summed E-state index contributed by atoms with van der Waals surface area (Å²) in [6.07, 6.45) is 0.734. The van der Waals surface area contributed by atoms with Gasteiger partial charge in [0.05, 0.1) is 23.7 Å². The van der Waals surface area contributed by atoms with Gasteiger partial charge in [0.25, 0.3) is 11.8 Å². The van der Waals surface area contributed by atoms with Gasteiger partial charge < -0.3 is 25.5 Å². The molecule has 188 valence electrons. The molecule has 2 aromatic carbocycles. The molecule has 36 heavy (non-hydrogen) atoms. The third-order valence-corrected chi connectivity index (χ3v) is 6.13. The van der Waals surface area contributed by atoms with Crippen molar-refractivity contribution in [2.24, 2.45) is 11.1 Å². The molecule has 1 aromatic heterocycles. The molecule has 5 N–H and O–H groups in total. The van der Waals surface area contributed by atoms with Crippen molar-refractivity contribution in [1.82, 2.24) is 20.8 Å². The summed E-state index contributed by atoms with van der Waals surface area (Å²) >= 11 is 0. The van der Waals surface area contributed by atoms with Gasteiger partial charge in [0.1, 0.15) is 0 Å². The second-order valence-electron chi connectivity index (χ2n) is 9.51. The fourth-order valence-corrected chi connectivity index (χ4v) is 4.33. The lowest BCUT2D eigenvalue weighted by Gasteiger charge is -2.29. The van der Waals surface area contributed by atoms with E-state index in [-0.39, 0.29) is 36.9 Å². The molecule has 0 fully saturated rings. The summed E-state index contributed by atoms with van der Waals surface area (Å²) in [4.78, 5) is 32.0. The van der Waals surface area contributed by atoms with Crippen LogP contribution in [0.4, 0.5) is 0 Å². The Morgan fingerprint density at radius 1 is 1.14 bits per heavy atom. The van der Waals surface area contributed by atoms with Crippen molar-refractivity contribution in [1.29, 1.82) is 0 Å². The molecule has 11 heteroatoms. The maximum atomic E-state index is 13.5. The second kappa shape index (κ2) is 10.9. The largest absolute Gasteiger partial charge is 0.475 e. The van der Waals surface area contributed by atoms with Crippen LogP contribution in [0.5, 0.6) is 0 Å². The Balaban J connectivity index is 1.47. The zero-order valence-electron chi connectivity index (χ0n) is 20.3. The monoisotopic (exact) mass is 491 g/mol. The van der Waals surface area contributed by atoms with Crippen LogP contribution in [0.25, 0.3) is 10.9 Å². The minimum absolute atomic E-state index is 0.0713. The number of rotatable bonds is 10. The summed E-state index contributed by atoms with van der Waals surface area (Å²) in [5.74, 6) is -1.59. The quantitative estimate of drug-likeness (QED) is 0.272. The number of amides is 2. The maximum Gasteiger partial charge on any atom is 0.475 e. The summed E-state index contributed by atoms with van der Waals surface area (Å²) in [5, 5.41) is 36.9. The van der Waals surface area contributed by atoms with Crippen LogP contribution in [-0.4, -0.2) is 63.0 Å². The van der Waals surface area contributed by atoms with E-state index in [1.165, 1.54) is 0 Å². The lowest BCUT2D eigenvalue weighted by molar-refractivity contribution is -0.144. The summed E-state index contributed by atoms with van der Waals surface area (Å²) in [6.45, 7) is 3.93. The molecule has 10 nitrogen and oxygen atoms in total. The molecule has 0 saturated heterocycles. The van der Waals surface area contributed by atoms with Crippen molar-refractivity contribution in [2.75, 3.05) is 6.54 Å². The number of aromatic nitrogens is 2. The minimum Gasteiger partial charge on any atom is -0.426 e. The van der Waals surface area contributed by atoms with Crippen molar-refractivity contribution >= 4 is 35.5 Å². The first-order chi connectivity index (χ1) is 17.3. The first-order valence-corrected chi connectivity index (χ1v) is 11.9. The topological polar surface area (TPSA) is 149 Å². The number of oxime groups is 1. The molecule has 2 heterocycles. The Hall–Kier alpha value is -3.70. The zero-order valence-corrected chi connectivity index (χ0v) is 20.3. The fraction of sp³-hybridized carbons (Fsp3) is 0.360. The van der Waals surface area contributed by atoms with Crippen LogP contribution >= 0.6 is 0 Å². The SMILES string of the molecule is CC(C)C[C@H](NC(=O)C1(Cc2ccccc2)CC(CNC(=O)c2n[nH]c3ccccc23)=NO1)B(O)O. The van der Waals surface area contributed by atoms with Crippen molar-refractivity contribution in [3.05, 3.63) is 65.9 Å². The van der Waals surface area contributed by atoms with Gasteiger partial charge in [0.15, 0.2) is 5.69 Å². The van der Waals surface area contributed by atoms with E-state index in [0.29, 0.717) is 17.5 Å². The fourth-order valence-electron chi connectivity index (χ4n) is 4.33. The van der Waals surface area contributed by atoms with Crippen molar-refractivity contribution in [3.8, 4) is 0 Å². The highest BCUT2D eigenvalue weighted by molar-refractivity contribution is 6.43. The number of aromatic amines is 1. The molecule has 0 bridgehead atoms. The highest BCUT2D eigenvalue weighted by Gasteiger charge is 2.48. The number of benzene rings is 2. The van der Waals surface area contributed by atoms with Gasteiger partial charge in [-0.05, 0) is 24.0 Å². The average Bonchev–Trinajstić information content (AvgIpc) is 3.47. The predicted octanol–water partition coefficient (Wildman–Crippen LogP) is 1.59. The summed E-state index contributed by atoms with van der Waals surface area (Å²) < 4.78 is 0. The van der Waals surface area contributed by atoms with Gasteiger partial charge in [-0.15, -0.1) is 0 Å². The average molecular weight is 491 g/mol. The molecular formula is C25H30BN5O5. The van der Waals surface area contributed by atoms with Crippen molar-refractivity contribution in [2.45, 2.75) is 44.7 Å². The molecule has 1 aliphatic heterocycles. The molecule has 0 radical (unpaired) electrons. The van der Waals surface area contributed by atoms with Crippen LogP contribution in [0.15, 0.2) is 59.8 Å². The molecular weight excluding hydrogens is 461 g/mol. The highest BCUT2D eigenvalue weighted by atomic mass is 16.7. The van der Waals surface area contributed by atoms with Crippen LogP contribution in [-0.2, 0) is 16.1 Å². The Bertz CT molecular complexity index is 1250. The Morgan fingerprint density at radius 3 is 2.58 bits per heavy atom. The Labute approximate surface area is 209 Å². The minimum atomic E-state index is -1.71. The number of nitrogens with one attached hydrogen (secondary N) is 3. The van der Waals surface area contributed by atoms with Gasteiger partial charge in [-0.2, -0.15) is 5.10 Å². The van der Waals surface area contributed by atoms with Crippen LogP contribution in [0, 0.1) is 5.92 Å². The number of carbonyl (C=O) groups is 2. The van der Waals surface area contributed by atoms with E-state index in [1.54, 1.807) is 0 Å². The number of hydrogen-bond donors (Lipinski definition) is 5. The number of carbonyl (C=O) groups excluding carboxylic acids is 2. The molecule has 1 aliphatic rings. The maximum absolute atomic E-state index is 13.5. The van der Waals surface area contributed by atoms with Gasteiger partial charge in [-0.1, -0.05) is 67.5 Å². The van der Waals surface area contributed by atoms with E-state index in [4.69, 9.17) is 4.84 Å². The standard InChI is InChI=1S/C25H30BN5O5/c1-16(2)12-21(26(34)35)28-24(33)25(13-17-8-4-3-5-9-17)14-18(31-36-25)15-27-23(32)22-19-10-6-7-11-20(19)29-30-22/h3-11,16,21,34-35H,12-15H2,1-2H3,(H,27,32)(H,28,33)(H,29,30)/t21-,25?/m0/s1. The summed E-state index contributed by atoms with van der Waals surface area (Å²) in [5.41, 5.74) is 0.988. The molecule has 4 rings (SSSR count). The number of nitrogens with zero attached hydrogens (tertiary/aromatic N) is 2. The molecule has 0 aliphatic carbocycles. The zero-order chi connectivity index (χ0) is 25.7. The van der Waals surface area contributed by atoms with Gasteiger partial charge >= 0.3 is 7.12 Å². The molecule has 3 aromatic rings. The number of H-pyrrole nitrogens is 1. The number of fused-ring (bicyclic) bond motifs is 1. The van der Waals surface area contributed by atoms with E-state index in [0.717, 1.165) is 11.1 Å². The van der Waals surface area contributed by atoms with Crippen LogP contribution in [0.2, 0.25) is 0 Å². The van der Waals surface area contributed by atoms with Crippen molar-refractivity contribution in [3.63, 3.8) is 0 Å². The second-order valence-corrected chi connectivity index (χ2v) is 9.51. The van der Waals surface area contributed by atoms with Crippen molar-refractivity contribution < 1.29 is 24.5 Å². The van der Waals surface area contributed by atoms with Gasteiger partial charge in [-0.25, -0.2) is 0 Å². The Morgan fingerprint density at radius 2 is 1.86 bits per heavy atom. The Kier molecular flexibility index (Phi) is 7.71. The van der Waals surface area contributed by atoms with Gasteiger partial charge in [-0.3, -0.25) is 14.7 Å². The van der Waals surface area contributed by atoms with E-state index in [2.05, 4.69) is 26.0 Å². The van der Waals surface area contributed by atoms with Crippen LogP contribution in [0.1, 0.15) is 42.7 Å². The summed E-state index contributed by atoms with van der Waals surface area (Å²) in [6, 6.07) is 16.7. The van der Waals surface area contributed by atoms with Gasteiger partial charge in [0.2, 0.25) is 5.60 Å². The van der Waals surface area contributed by atoms with Crippen LogP contribution in [0.3, 0.4) is 0 Å². The molecule has 2 atom stereocenters. The first kappa shape index (κ1) is 25.4. The van der Waals surface area contributed by atoms with E-state index in [9.17, 15) is 19.6 Å². The third kappa shape index (κ3) is 5.75. The molecule has 0 saturated carbocycles.